The van der Waals surface area contributed by atoms with E-state index >= 15 is 0 Å². The number of hydrogen-bond acceptors (Lipinski definition) is 4. The second-order valence-electron chi connectivity index (χ2n) is 3.88. The van der Waals surface area contributed by atoms with Gasteiger partial charge >= 0.3 is 0 Å². The van der Waals surface area contributed by atoms with Gasteiger partial charge in [-0.2, -0.15) is 11.8 Å². The molecule has 0 spiro atoms. The molecule has 1 rings (SSSR count). The summed E-state index contributed by atoms with van der Waals surface area (Å²) in [5.74, 6) is -0.440. The van der Waals surface area contributed by atoms with Crippen molar-refractivity contribution >= 4 is 17.7 Å². The molecule has 0 aromatic carbocycles. The normalized spacial score (nSPS) is 21.3. The van der Waals surface area contributed by atoms with Gasteiger partial charge in [-0.1, -0.05) is 6.42 Å². The fraction of sp³-hybridized carbons (Fsp3) is 0.889. The zero-order valence-corrected chi connectivity index (χ0v) is 9.40. The van der Waals surface area contributed by atoms with Gasteiger partial charge in [0.2, 0.25) is 5.91 Å². The molecule has 1 aliphatic rings. The van der Waals surface area contributed by atoms with Crippen LogP contribution in [0.1, 0.15) is 19.3 Å². The molecule has 1 fully saturated rings. The molecule has 0 heterocycles. The van der Waals surface area contributed by atoms with E-state index in [0.717, 1.165) is 6.54 Å². The van der Waals surface area contributed by atoms with Crippen LogP contribution in [0.5, 0.6) is 0 Å². The molecule has 82 valence electrons. The Morgan fingerprint density at radius 1 is 1.64 bits per heavy atom. The SMILES string of the molecule is CSC1(CNCC(N)C(N)=O)CCC1. The van der Waals surface area contributed by atoms with E-state index < -0.39 is 11.9 Å². The van der Waals surface area contributed by atoms with Crippen molar-refractivity contribution in [3.05, 3.63) is 0 Å². The van der Waals surface area contributed by atoms with Crippen LogP contribution in [0.15, 0.2) is 0 Å². The molecule has 1 amide bonds. The number of amides is 1. The van der Waals surface area contributed by atoms with E-state index in [1.165, 1.54) is 19.3 Å². The van der Waals surface area contributed by atoms with Gasteiger partial charge in [0.25, 0.3) is 0 Å². The maximum Gasteiger partial charge on any atom is 0.235 e. The van der Waals surface area contributed by atoms with Crippen molar-refractivity contribution < 1.29 is 4.79 Å². The Balaban J connectivity index is 2.17. The lowest BCUT2D eigenvalue weighted by atomic mass is 9.84. The number of rotatable bonds is 6. The van der Waals surface area contributed by atoms with E-state index in [1.54, 1.807) is 0 Å². The van der Waals surface area contributed by atoms with Crippen LogP contribution in [0.2, 0.25) is 0 Å². The van der Waals surface area contributed by atoms with Crippen LogP contribution in [0, 0.1) is 0 Å². The second-order valence-corrected chi connectivity index (χ2v) is 5.15. The lowest BCUT2D eigenvalue weighted by molar-refractivity contribution is -0.119. The molecule has 0 aromatic rings. The Hall–Kier alpha value is -0.260. The van der Waals surface area contributed by atoms with Crippen LogP contribution in [-0.2, 0) is 4.79 Å². The Morgan fingerprint density at radius 2 is 2.29 bits per heavy atom. The molecule has 1 saturated carbocycles. The van der Waals surface area contributed by atoms with Gasteiger partial charge in [-0.25, -0.2) is 0 Å². The highest BCUT2D eigenvalue weighted by Crippen LogP contribution is 2.41. The van der Waals surface area contributed by atoms with Crippen molar-refractivity contribution in [3.8, 4) is 0 Å². The fourth-order valence-electron chi connectivity index (χ4n) is 1.58. The van der Waals surface area contributed by atoms with E-state index in [4.69, 9.17) is 11.5 Å². The quantitative estimate of drug-likeness (QED) is 0.569. The lowest BCUT2D eigenvalue weighted by Gasteiger charge is -2.40. The molecule has 0 bridgehead atoms. The Labute approximate surface area is 89.2 Å². The number of thioether (sulfide) groups is 1. The first-order valence-electron chi connectivity index (χ1n) is 4.90. The molecule has 5 N–H and O–H groups in total. The number of nitrogens with two attached hydrogens (primary N) is 2. The van der Waals surface area contributed by atoms with E-state index in [2.05, 4.69) is 11.6 Å². The van der Waals surface area contributed by atoms with Crippen LogP contribution in [-0.4, -0.2) is 36.0 Å². The first kappa shape index (κ1) is 11.8. The first-order chi connectivity index (χ1) is 6.59. The summed E-state index contributed by atoms with van der Waals surface area (Å²) in [6, 6.07) is -0.561. The molecule has 1 unspecified atom stereocenters. The smallest absolute Gasteiger partial charge is 0.235 e. The van der Waals surface area contributed by atoms with Crippen molar-refractivity contribution in [1.82, 2.24) is 5.32 Å². The Kier molecular flexibility index (Phi) is 4.22. The summed E-state index contributed by atoms with van der Waals surface area (Å²) in [6.07, 6.45) is 5.96. The standard InChI is InChI=1S/C9H19N3OS/c1-14-9(3-2-4-9)6-12-5-7(10)8(11)13/h7,12H,2-6,10H2,1H3,(H2,11,13). The van der Waals surface area contributed by atoms with E-state index in [0.29, 0.717) is 11.3 Å². The summed E-state index contributed by atoms with van der Waals surface area (Å²) in [4.78, 5) is 10.7. The lowest BCUT2D eigenvalue weighted by Crippen LogP contribution is -2.49. The average Bonchev–Trinajstić information content (AvgIpc) is 2.09. The zero-order chi connectivity index (χ0) is 10.6. The summed E-state index contributed by atoms with van der Waals surface area (Å²) in [5, 5.41) is 3.21. The molecule has 5 heteroatoms. The third-order valence-corrected chi connectivity index (χ3v) is 4.29. The number of hydrogen-bond donors (Lipinski definition) is 3. The molecular weight excluding hydrogens is 198 g/mol. The highest BCUT2D eigenvalue weighted by atomic mass is 32.2. The predicted octanol–water partition coefficient (Wildman–Crippen LogP) is -0.326. The van der Waals surface area contributed by atoms with Crippen molar-refractivity contribution in [2.45, 2.75) is 30.1 Å². The predicted molar refractivity (Wildman–Crippen MR) is 60.1 cm³/mol. The van der Waals surface area contributed by atoms with Crippen molar-refractivity contribution in [3.63, 3.8) is 0 Å². The van der Waals surface area contributed by atoms with E-state index in [9.17, 15) is 4.79 Å². The Morgan fingerprint density at radius 3 is 2.64 bits per heavy atom. The fourth-order valence-corrected chi connectivity index (χ4v) is 2.52. The molecule has 1 atom stereocenters. The number of carbonyl (C=O) groups excluding carboxylic acids is 1. The van der Waals surface area contributed by atoms with Crippen LogP contribution in [0.4, 0.5) is 0 Å². The molecule has 14 heavy (non-hydrogen) atoms. The average molecular weight is 217 g/mol. The van der Waals surface area contributed by atoms with Gasteiger partial charge in [-0.15, -0.1) is 0 Å². The third kappa shape index (κ3) is 2.87. The van der Waals surface area contributed by atoms with Crippen LogP contribution in [0.3, 0.4) is 0 Å². The van der Waals surface area contributed by atoms with E-state index in [1.807, 2.05) is 11.8 Å². The van der Waals surface area contributed by atoms with Gasteiger partial charge in [0, 0.05) is 17.8 Å². The van der Waals surface area contributed by atoms with Crippen molar-refractivity contribution in [2.75, 3.05) is 19.3 Å². The van der Waals surface area contributed by atoms with E-state index in [-0.39, 0.29) is 0 Å². The third-order valence-electron chi connectivity index (χ3n) is 2.87. The summed E-state index contributed by atoms with van der Waals surface area (Å²) >= 11 is 1.90. The van der Waals surface area contributed by atoms with Gasteiger partial charge in [-0.05, 0) is 19.1 Å². The second kappa shape index (κ2) is 5.00. The van der Waals surface area contributed by atoms with Crippen LogP contribution in [0.25, 0.3) is 0 Å². The van der Waals surface area contributed by atoms with Crippen molar-refractivity contribution in [2.24, 2.45) is 11.5 Å². The zero-order valence-electron chi connectivity index (χ0n) is 8.58. The first-order valence-corrected chi connectivity index (χ1v) is 6.13. The summed E-state index contributed by atoms with van der Waals surface area (Å²) in [6.45, 7) is 1.41. The molecule has 0 aliphatic heterocycles. The molecule has 0 radical (unpaired) electrons. The maximum absolute atomic E-state index is 10.7. The summed E-state index contributed by atoms with van der Waals surface area (Å²) in [7, 11) is 0. The van der Waals surface area contributed by atoms with Crippen LogP contribution >= 0.6 is 11.8 Å². The number of carbonyl (C=O) groups is 1. The van der Waals surface area contributed by atoms with Gasteiger partial charge < -0.3 is 16.8 Å². The molecule has 4 nitrogen and oxygen atoms in total. The largest absolute Gasteiger partial charge is 0.368 e. The Bertz CT molecular complexity index is 201. The maximum atomic E-state index is 10.7. The number of nitrogens with one attached hydrogen (secondary N) is 1. The minimum Gasteiger partial charge on any atom is -0.368 e. The summed E-state index contributed by atoms with van der Waals surface area (Å²) < 4.78 is 0.386. The highest BCUT2D eigenvalue weighted by Gasteiger charge is 2.35. The molecule has 1 aliphatic carbocycles. The topological polar surface area (TPSA) is 81.1 Å². The van der Waals surface area contributed by atoms with Crippen LogP contribution < -0.4 is 16.8 Å². The number of primary amides is 1. The molecule has 0 aromatic heterocycles. The van der Waals surface area contributed by atoms with Gasteiger partial charge in [-0.3, -0.25) is 4.79 Å². The summed E-state index contributed by atoms with van der Waals surface area (Å²) in [5.41, 5.74) is 10.6. The van der Waals surface area contributed by atoms with Crippen molar-refractivity contribution in [1.29, 1.82) is 0 Å². The van der Waals surface area contributed by atoms with Gasteiger partial charge in [0.15, 0.2) is 0 Å². The molecule has 0 saturated heterocycles. The monoisotopic (exact) mass is 217 g/mol. The minimum atomic E-state index is -0.561. The van der Waals surface area contributed by atoms with Gasteiger partial charge in [0.05, 0.1) is 6.04 Å². The van der Waals surface area contributed by atoms with Gasteiger partial charge in [0.1, 0.15) is 0 Å². The molecular formula is C9H19N3OS. The minimum absolute atomic E-state index is 0.386. The highest BCUT2D eigenvalue weighted by molar-refractivity contribution is 8.00.